The molecular weight excluding hydrogens is 212 g/mol. The van der Waals surface area contributed by atoms with Crippen LogP contribution >= 0.6 is 10.7 Å². The number of benzene rings is 1. The minimum Gasteiger partial charge on any atom is -0.463 e. The molecule has 13 heavy (non-hydrogen) atoms. The summed E-state index contributed by atoms with van der Waals surface area (Å²) in [5, 5.41) is 0.512. The minimum absolute atomic E-state index is 0.0183. The lowest BCUT2D eigenvalue weighted by Crippen LogP contribution is -1.86. The normalized spacial score (nSPS) is 12.1. The van der Waals surface area contributed by atoms with Crippen molar-refractivity contribution in [3.8, 4) is 0 Å². The molecule has 0 aliphatic heterocycles. The highest BCUT2D eigenvalue weighted by atomic mass is 35.7. The maximum Gasteiger partial charge on any atom is 0.265 e. The van der Waals surface area contributed by atoms with Crippen LogP contribution in [0.25, 0.3) is 11.0 Å². The summed E-state index contributed by atoms with van der Waals surface area (Å²) in [5.41, 5.74) is 0.515. The van der Waals surface area contributed by atoms with Gasteiger partial charge in [0, 0.05) is 16.1 Å². The molecule has 0 fully saturated rings. The molecule has 5 heteroatoms. The molecule has 0 saturated carbocycles. The number of fused-ring (bicyclic) bond motifs is 1. The van der Waals surface area contributed by atoms with Crippen molar-refractivity contribution >= 4 is 30.7 Å². The largest absolute Gasteiger partial charge is 0.463 e. The molecule has 2 aromatic rings. The first-order valence-electron chi connectivity index (χ1n) is 3.50. The zero-order valence-electron chi connectivity index (χ0n) is 6.40. The van der Waals surface area contributed by atoms with Gasteiger partial charge in [0.25, 0.3) is 9.05 Å². The fourth-order valence-electron chi connectivity index (χ4n) is 1.14. The average molecular weight is 217 g/mol. The van der Waals surface area contributed by atoms with E-state index in [0.717, 1.165) is 6.26 Å². The number of rotatable bonds is 1. The number of para-hydroxylation sites is 1. The Labute approximate surface area is 79.3 Å². The Kier molecular flexibility index (Phi) is 1.82. The van der Waals surface area contributed by atoms with Crippen molar-refractivity contribution in [3.63, 3.8) is 0 Å². The lowest BCUT2D eigenvalue weighted by atomic mass is 10.3. The topological polar surface area (TPSA) is 47.3 Å². The Bertz CT molecular complexity index is 541. The fraction of sp³-hybridized carbons (Fsp3) is 0. The SMILES string of the molecule is O=S(=O)(Cl)c1coc2ccccc12. The molecule has 0 unspecified atom stereocenters. The van der Waals surface area contributed by atoms with Crippen LogP contribution < -0.4 is 0 Å². The highest BCUT2D eigenvalue weighted by Gasteiger charge is 2.16. The third-order valence-corrected chi connectivity index (χ3v) is 3.05. The van der Waals surface area contributed by atoms with Gasteiger partial charge in [-0.05, 0) is 12.1 Å². The molecule has 1 aromatic carbocycles. The van der Waals surface area contributed by atoms with Crippen LogP contribution in [-0.4, -0.2) is 8.42 Å². The molecule has 0 bridgehead atoms. The zero-order chi connectivity index (χ0) is 9.47. The maximum atomic E-state index is 11.0. The highest BCUT2D eigenvalue weighted by molar-refractivity contribution is 8.14. The Hall–Kier alpha value is -1.00. The molecule has 1 aromatic heterocycles. The van der Waals surface area contributed by atoms with Gasteiger partial charge in [-0.15, -0.1) is 0 Å². The van der Waals surface area contributed by atoms with Gasteiger partial charge in [0.2, 0.25) is 0 Å². The van der Waals surface area contributed by atoms with E-state index in [9.17, 15) is 8.42 Å². The summed E-state index contributed by atoms with van der Waals surface area (Å²) in [5.74, 6) is 0. The van der Waals surface area contributed by atoms with Gasteiger partial charge in [-0.25, -0.2) is 8.42 Å². The standard InChI is InChI=1S/C8H5ClO3S/c9-13(10,11)8-5-12-7-4-2-1-3-6(7)8/h1-5H. The predicted molar refractivity (Wildman–Crippen MR) is 49.3 cm³/mol. The van der Waals surface area contributed by atoms with E-state index in [2.05, 4.69) is 0 Å². The molecule has 0 amide bonds. The van der Waals surface area contributed by atoms with Gasteiger partial charge in [-0.1, -0.05) is 12.1 Å². The van der Waals surface area contributed by atoms with Gasteiger partial charge in [-0.3, -0.25) is 0 Å². The van der Waals surface area contributed by atoms with Crippen molar-refractivity contribution in [2.24, 2.45) is 0 Å². The molecule has 1 heterocycles. The smallest absolute Gasteiger partial charge is 0.265 e. The summed E-state index contributed by atoms with van der Waals surface area (Å²) in [7, 11) is 1.48. The summed E-state index contributed by atoms with van der Waals surface area (Å²) < 4.78 is 27.0. The third-order valence-electron chi connectivity index (χ3n) is 1.71. The predicted octanol–water partition coefficient (Wildman–Crippen LogP) is 2.36. The van der Waals surface area contributed by atoms with Crippen molar-refractivity contribution < 1.29 is 12.8 Å². The number of furan rings is 1. The van der Waals surface area contributed by atoms with Crippen LogP contribution in [-0.2, 0) is 9.05 Å². The van der Waals surface area contributed by atoms with Crippen molar-refractivity contribution in [1.82, 2.24) is 0 Å². The Morgan fingerprint density at radius 2 is 1.92 bits per heavy atom. The Morgan fingerprint density at radius 3 is 2.62 bits per heavy atom. The minimum atomic E-state index is -3.71. The van der Waals surface area contributed by atoms with Crippen LogP contribution in [0.1, 0.15) is 0 Å². The average Bonchev–Trinajstić information content (AvgIpc) is 2.45. The monoisotopic (exact) mass is 216 g/mol. The van der Waals surface area contributed by atoms with Crippen LogP contribution in [0.5, 0.6) is 0 Å². The van der Waals surface area contributed by atoms with Crippen LogP contribution in [0.4, 0.5) is 0 Å². The van der Waals surface area contributed by atoms with E-state index in [-0.39, 0.29) is 4.90 Å². The third kappa shape index (κ3) is 1.43. The van der Waals surface area contributed by atoms with Crippen molar-refractivity contribution in [1.29, 1.82) is 0 Å². The number of halogens is 1. The molecular formula is C8H5ClO3S. The molecule has 0 N–H and O–H groups in total. The molecule has 0 aliphatic carbocycles. The van der Waals surface area contributed by atoms with Crippen LogP contribution in [0.2, 0.25) is 0 Å². The van der Waals surface area contributed by atoms with Crippen LogP contribution in [0, 0.1) is 0 Å². The zero-order valence-corrected chi connectivity index (χ0v) is 7.97. The molecule has 0 atom stereocenters. The summed E-state index contributed by atoms with van der Waals surface area (Å²) in [6.07, 6.45) is 1.15. The van der Waals surface area contributed by atoms with E-state index in [1.807, 2.05) is 0 Å². The molecule has 0 saturated heterocycles. The van der Waals surface area contributed by atoms with Gasteiger partial charge in [-0.2, -0.15) is 0 Å². The molecule has 0 spiro atoms. The van der Waals surface area contributed by atoms with Gasteiger partial charge in [0.05, 0.1) is 0 Å². The number of hydrogen-bond acceptors (Lipinski definition) is 3. The second-order valence-electron chi connectivity index (χ2n) is 2.53. The lowest BCUT2D eigenvalue weighted by molar-refractivity contribution is 0.592. The van der Waals surface area contributed by atoms with Crippen molar-refractivity contribution in [2.75, 3.05) is 0 Å². The first-order valence-corrected chi connectivity index (χ1v) is 5.81. The second kappa shape index (κ2) is 2.75. The Balaban J connectivity index is 2.87. The van der Waals surface area contributed by atoms with E-state index in [4.69, 9.17) is 15.1 Å². The van der Waals surface area contributed by atoms with Gasteiger partial charge in [0.1, 0.15) is 16.7 Å². The van der Waals surface area contributed by atoms with Gasteiger partial charge in [0.15, 0.2) is 0 Å². The van der Waals surface area contributed by atoms with Crippen LogP contribution in [0.3, 0.4) is 0 Å². The summed E-state index contributed by atoms with van der Waals surface area (Å²) in [4.78, 5) is 0.0183. The van der Waals surface area contributed by atoms with E-state index in [0.29, 0.717) is 11.0 Å². The molecule has 68 valence electrons. The summed E-state index contributed by atoms with van der Waals surface area (Å²) in [6.45, 7) is 0. The van der Waals surface area contributed by atoms with Gasteiger partial charge >= 0.3 is 0 Å². The quantitative estimate of drug-likeness (QED) is 0.688. The Morgan fingerprint density at radius 1 is 1.23 bits per heavy atom. The summed E-state index contributed by atoms with van der Waals surface area (Å²) >= 11 is 0. The second-order valence-corrected chi connectivity index (χ2v) is 5.07. The van der Waals surface area contributed by atoms with Crippen molar-refractivity contribution in [3.05, 3.63) is 30.5 Å². The number of hydrogen-bond donors (Lipinski definition) is 0. The van der Waals surface area contributed by atoms with E-state index >= 15 is 0 Å². The molecule has 3 nitrogen and oxygen atoms in total. The van der Waals surface area contributed by atoms with Gasteiger partial charge < -0.3 is 4.42 Å². The van der Waals surface area contributed by atoms with E-state index < -0.39 is 9.05 Å². The van der Waals surface area contributed by atoms with E-state index in [1.54, 1.807) is 24.3 Å². The van der Waals surface area contributed by atoms with Crippen LogP contribution in [0.15, 0.2) is 39.8 Å². The first-order chi connectivity index (χ1) is 6.09. The lowest BCUT2D eigenvalue weighted by Gasteiger charge is -1.89. The van der Waals surface area contributed by atoms with E-state index in [1.165, 1.54) is 0 Å². The van der Waals surface area contributed by atoms with Crippen molar-refractivity contribution in [2.45, 2.75) is 4.90 Å². The molecule has 2 rings (SSSR count). The first kappa shape index (κ1) is 8.59. The highest BCUT2D eigenvalue weighted by Crippen LogP contribution is 2.27. The maximum absolute atomic E-state index is 11.0. The molecule has 0 radical (unpaired) electrons. The molecule has 0 aliphatic rings. The summed E-state index contributed by atoms with van der Waals surface area (Å²) in [6, 6.07) is 6.81. The fourth-order valence-corrected chi connectivity index (χ4v) is 2.10.